The van der Waals surface area contributed by atoms with Gasteiger partial charge in [0.25, 0.3) is 0 Å². The summed E-state index contributed by atoms with van der Waals surface area (Å²) in [6.07, 6.45) is 2.31. The van der Waals surface area contributed by atoms with Crippen LogP contribution in [0.2, 0.25) is 0 Å². The van der Waals surface area contributed by atoms with Gasteiger partial charge in [0.15, 0.2) is 0 Å². The molecule has 0 atom stereocenters. The summed E-state index contributed by atoms with van der Waals surface area (Å²) in [6.45, 7) is 9.25. The van der Waals surface area contributed by atoms with E-state index in [9.17, 15) is 4.79 Å². The van der Waals surface area contributed by atoms with Crippen molar-refractivity contribution >= 4 is 11.5 Å². The molecule has 6 heteroatoms. The van der Waals surface area contributed by atoms with Gasteiger partial charge in [0, 0.05) is 43.7 Å². The summed E-state index contributed by atoms with van der Waals surface area (Å²) in [5, 5.41) is 8.95. The zero-order chi connectivity index (χ0) is 18.7. The molecule has 1 aromatic carbocycles. The van der Waals surface area contributed by atoms with Crippen LogP contribution in [-0.2, 0) is 4.79 Å². The molecular weight excluding hydrogens is 332 g/mol. The van der Waals surface area contributed by atoms with Gasteiger partial charge < -0.3 is 14.6 Å². The van der Waals surface area contributed by atoms with Crippen molar-refractivity contribution in [3.63, 3.8) is 0 Å². The number of nitrogens with zero attached hydrogens (tertiary/aromatic N) is 2. The molecule has 0 saturated carbocycles. The normalized spacial score (nSPS) is 20.5. The standard InChI is InChI=1S/C20H28N2O4/c1-20(2)11-15(12-21-6-8-22(9-7-21)13-19(23)24)17-10-16(25-3)4-5-18(17)26-14-20/h4-5,10-11H,6-9,12-14H2,1-3H3,(H,23,24). The van der Waals surface area contributed by atoms with E-state index in [1.54, 1.807) is 7.11 Å². The third kappa shape index (κ3) is 4.56. The minimum absolute atomic E-state index is 0.0489. The molecule has 2 aliphatic heterocycles. The first kappa shape index (κ1) is 18.7. The van der Waals surface area contributed by atoms with E-state index in [0.29, 0.717) is 6.61 Å². The van der Waals surface area contributed by atoms with Gasteiger partial charge in [-0.15, -0.1) is 0 Å². The Labute approximate surface area is 155 Å². The first-order valence-corrected chi connectivity index (χ1v) is 9.06. The topological polar surface area (TPSA) is 62.2 Å². The summed E-state index contributed by atoms with van der Waals surface area (Å²) in [5.74, 6) is 0.959. The minimum Gasteiger partial charge on any atom is -0.497 e. The third-order valence-corrected chi connectivity index (χ3v) is 4.92. The number of piperazine rings is 1. The fraction of sp³-hybridized carbons (Fsp3) is 0.550. The fourth-order valence-electron chi connectivity index (χ4n) is 3.54. The molecular formula is C20H28N2O4. The molecule has 1 saturated heterocycles. The van der Waals surface area contributed by atoms with Crippen molar-refractivity contribution < 1.29 is 19.4 Å². The van der Waals surface area contributed by atoms with Crippen LogP contribution >= 0.6 is 0 Å². The predicted molar refractivity (Wildman–Crippen MR) is 101 cm³/mol. The molecule has 0 unspecified atom stereocenters. The number of carboxylic acids is 1. The highest BCUT2D eigenvalue weighted by atomic mass is 16.5. The van der Waals surface area contributed by atoms with Crippen LogP contribution in [0.4, 0.5) is 0 Å². The summed E-state index contributed by atoms with van der Waals surface area (Å²) < 4.78 is 11.4. The molecule has 2 aliphatic rings. The number of aliphatic carboxylic acids is 1. The quantitative estimate of drug-likeness (QED) is 0.869. The molecule has 2 heterocycles. The van der Waals surface area contributed by atoms with Gasteiger partial charge in [0.2, 0.25) is 0 Å². The highest BCUT2D eigenvalue weighted by Crippen LogP contribution is 2.37. The van der Waals surface area contributed by atoms with E-state index >= 15 is 0 Å². The van der Waals surface area contributed by atoms with Gasteiger partial charge >= 0.3 is 5.97 Å². The van der Waals surface area contributed by atoms with Crippen LogP contribution in [0, 0.1) is 5.41 Å². The molecule has 0 aliphatic carbocycles. The van der Waals surface area contributed by atoms with Crippen LogP contribution in [0.3, 0.4) is 0 Å². The Morgan fingerprint density at radius 1 is 1.23 bits per heavy atom. The van der Waals surface area contributed by atoms with E-state index in [1.807, 2.05) is 23.1 Å². The SMILES string of the molecule is COc1ccc2c(c1)C(CN1CCN(CC(=O)O)CC1)=CC(C)(C)CO2. The van der Waals surface area contributed by atoms with E-state index < -0.39 is 5.97 Å². The van der Waals surface area contributed by atoms with E-state index in [4.69, 9.17) is 14.6 Å². The zero-order valence-corrected chi connectivity index (χ0v) is 15.8. The molecule has 0 spiro atoms. The summed E-state index contributed by atoms with van der Waals surface area (Å²) >= 11 is 0. The Morgan fingerprint density at radius 2 is 1.92 bits per heavy atom. The maximum Gasteiger partial charge on any atom is 0.317 e. The van der Waals surface area contributed by atoms with Crippen LogP contribution in [0.1, 0.15) is 19.4 Å². The summed E-state index contributed by atoms with van der Waals surface area (Å²) in [4.78, 5) is 15.3. The van der Waals surface area contributed by atoms with Crippen LogP contribution in [-0.4, -0.2) is 73.9 Å². The second-order valence-corrected chi connectivity index (χ2v) is 7.75. The monoisotopic (exact) mass is 360 g/mol. The number of fused-ring (bicyclic) bond motifs is 1. The summed E-state index contributed by atoms with van der Waals surface area (Å²) in [7, 11) is 1.67. The van der Waals surface area contributed by atoms with Crippen molar-refractivity contribution in [1.29, 1.82) is 0 Å². The largest absolute Gasteiger partial charge is 0.497 e. The van der Waals surface area contributed by atoms with E-state index in [1.165, 1.54) is 5.57 Å². The molecule has 1 fully saturated rings. The maximum absolute atomic E-state index is 10.9. The average molecular weight is 360 g/mol. The first-order chi connectivity index (χ1) is 12.4. The van der Waals surface area contributed by atoms with Crippen LogP contribution in [0.25, 0.3) is 5.57 Å². The fourth-order valence-corrected chi connectivity index (χ4v) is 3.54. The molecule has 3 rings (SSSR count). The average Bonchev–Trinajstić information content (AvgIpc) is 2.72. The summed E-state index contributed by atoms with van der Waals surface area (Å²) in [5.41, 5.74) is 2.28. The lowest BCUT2D eigenvalue weighted by molar-refractivity contribution is -0.138. The van der Waals surface area contributed by atoms with Crippen molar-refractivity contribution in [2.45, 2.75) is 13.8 Å². The first-order valence-electron chi connectivity index (χ1n) is 9.06. The molecule has 1 N–H and O–H groups in total. The zero-order valence-electron chi connectivity index (χ0n) is 15.8. The molecule has 26 heavy (non-hydrogen) atoms. The van der Waals surface area contributed by atoms with Crippen molar-refractivity contribution in [1.82, 2.24) is 9.80 Å². The third-order valence-electron chi connectivity index (χ3n) is 4.92. The van der Waals surface area contributed by atoms with E-state index in [0.717, 1.165) is 49.8 Å². The smallest absolute Gasteiger partial charge is 0.317 e. The number of hydrogen-bond acceptors (Lipinski definition) is 5. The van der Waals surface area contributed by atoms with Crippen molar-refractivity contribution in [3.05, 3.63) is 29.8 Å². The minimum atomic E-state index is -0.759. The number of carbonyl (C=O) groups is 1. The van der Waals surface area contributed by atoms with Gasteiger partial charge in [-0.2, -0.15) is 0 Å². The number of carboxylic acid groups (broad SMARTS) is 1. The lowest BCUT2D eigenvalue weighted by Crippen LogP contribution is -2.48. The van der Waals surface area contributed by atoms with Crippen molar-refractivity contribution in [2.24, 2.45) is 5.41 Å². The van der Waals surface area contributed by atoms with Crippen LogP contribution in [0.5, 0.6) is 11.5 Å². The maximum atomic E-state index is 10.9. The molecule has 142 valence electrons. The lowest BCUT2D eigenvalue weighted by atomic mass is 9.90. The number of hydrogen-bond donors (Lipinski definition) is 1. The van der Waals surface area contributed by atoms with Gasteiger partial charge in [-0.25, -0.2) is 0 Å². The van der Waals surface area contributed by atoms with Gasteiger partial charge in [-0.1, -0.05) is 19.9 Å². The molecule has 0 amide bonds. The lowest BCUT2D eigenvalue weighted by Gasteiger charge is -2.34. The number of ether oxygens (including phenoxy) is 2. The number of rotatable bonds is 5. The molecule has 1 aromatic rings. The molecule has 6 nitrogen and oxygen atoms in total. The second-order valence-electron chi connectivity index (χ2n) is 7.75. The second kappa shape index (κ2) is 7.68. The van der Waals surface area contributed by atoms with Crippen LogP contribution < -0.4 is 9.47 Å². The number of methoxy groups -OCH3 is 1. The Bertz CT molecular complexity index is 691. The van der Waals surface area contributed by atoms with Gasteiger partial charge in [-0.05, 0) is 23.8 Å². The van der Waals surface area contributed by atoms with Crippen LogP contribution in [0.15, 0.2) is 24.3 Å². The Balaban J connectivity index is 1.77. The summed E-state index contributed by atoms with van der Waals surface area (Å²) in [6, 6.07) is 5.96. The van der Waals surface area contributed by atoms with Crippen molar-refractivity contribution in [2.75, 3.05) is 53.0 Å². The Morgan fingerprint density at radius 3 is 2.58 bits per heavy atom. The van der Waals surface area contributed by atoms with E-state index in [2.05, 4.69) is 24.8 Å². The Hall–Kier alpha value is -2.05. The highest BCUT2D eigenvalue weighted by Gasteiger charge is 2.26. The highest BCUT2D eigenvalue weighted by molar-refractivity contribution is 5.74. The molecule has 0 radical (unpaired) electrons. The molecule has 0 aromatic heterocycles. The van der Waals surface area contributed by atoms with Gasteiger partial charge in [-0.3, -0.25) is 14.6 Å². The molecule has 0 bridgehead atoms. The van der Waals surface area contributed by atoms with Crippen molar-refractivity contribution in [3.8, 4) is 11.5 Å². The van der Waals surface area contributed by atoms with E-state index in [-0.39, 0.29) is 12.0 Å². The van der Waals surface area contributed by atoms with Gasteiger partial charge in [0.1, 0.15) is 11.5 Å². The predicted octanol–water partition coefficient (Wildman–Crippen LogP) is 2.20. The van der Waals surface area contributed by atoms with Gasteiger partial charge in [0.05, 0.1) is 20.3 Å². The Kier molecular flexibility index (Phi) is 5.53. The number of benzene rings is 1.